The molecule has 0 N–H and O–H groups in total. The maximum atomic E-state index is 14.1. The van der Waals surface area contributed by atoms with E-state index < -0.39 is 0 Å². The number of methoxy groups -OCH3 is 1. The largest absolute Gasteiger partial charge is 0.469 e. The number of benzene rings is 1. The first-order valence-electron chi connectivity index (χ1n) is 16.4. The molecule has 5 saturated carbocycles. The second kappa shape index (κ2) is 10.0. The first kappa shape index (κ1) is 30.6. The van der Waals surface area contributed by atoms with E-state index in [0.29, 0.717) is 35.4 Å². The van der Waals surface area contributed by atoms with E-state index in [9.17, 15) is 9.59 Å². The molecule has 3 unspecified atom stereocenters. The number of carbonyl (C=O) groups is 2. The maximum Gasteiger partial charge on any atom is 0.312 e. The van der Waals surface area contributed by atoms with Crippen molar-refractivity contribution in [1.29, 1.82) is 0 Å². The molecule has 0 aromatic heterocycles. The normalized spacial score (nSPS) is 44.9. The highest BCUT2D eigenvalue weighted by molar-refractivity contribution is 14.1. The van der Waals surface area contributed by atoms with Gasteiger partial charge in [-0.2, -0.15) is 0 Å². The van der Waals surface area contributed by atoms with E-state index in [-0.39, 0.29) is 33.0 Å². The Kier molecular flexibility index (Phi) is 7.31. The molecule has 0 radical (unpaired) electrons. The minimum atomic E-state index is -0.372. The van der Waals surface area contributed by atoms with Crippen LogP contribution in [0.5, 0.6) is 0 Å². The van der Waals surface area contributed by atoms with Gasteiger partial charge in [0.1, 0.15) is 0 Å². The Labute approximate surface area is 267 Å². The molecule has 0 heterocycles. The van der Waals surface area contributed by atoms with Gasteiger partial charge in [-0.15, -0.1) is 0 Å². The van der Waals surface area contributed by atoms with Crippen LogP contribution in [0.15, 0.2) is 42.0 Å². The van der Waals surface area contributed by atoms with E-state index >= 15 is 0 Å². The van der Waals surface area contributed by atoms with Crippen molar-refractivity contribution in [3.63, 3.8) is 0 Å². The molecule has 6 rings (SSSR count). The summed E-state index contributed by atoms with van der Waals surface area (Å²) in [6.45, 7) is 18.9. The summed E-state index contributed by atoms with van der Waals surface area (Å²) in [5, 5.41) is 0. The standard InChI is InChI=1S/C38H51IO3/c1-23(2)27-14-17-38(33(41)42-8)19-18-36(6)28(31(27)38)12-13-30-35(5)22-25(20-24-10-9-11-26(39)21-24)32(40)34(3,4)29(35)15-16-37(30,36)7/h9-11,20-21,27-31H,1,12-19,22H2,2-8H3/b25-20-/t27?,28-,29?,30-,31?,35+,36-,37-,38+/m1/s1. The summed E-state index contributed by atoms with van der Waals surface area (Å²) in [5.74, 6) is 2.53. The molecule has 3 nitrogen and oxygen atoms in total. The van der Waals surface area contributed by atoms with Crippen LogP contribution in [0.1, 0.15) is 105 Å². The lowest BCUT2D eigenvalue weighted by Gasteiger charge is -2.72. The molecule has 0 bridgehead atoms. The van der Waals surface area contributed by atoms with E-state index in [0.717, 1.165) is 56.1 Å². The second-order valence-electron chi connectivity index (χ2n) is 16.3. The fraction of sp³-hybridized carbons (Fsp3) is 0.684. The van der Waals surface area contributed by atoms with Crippen LogP contribution in [0.25, 0.3) is 6.08 Å². The van der Waals surface area contributed by atoms with Crippen molar-refractivity contribution >= 4 is 40.4 Å². The molecule has 228 valence electrons. The van der Waals surface area contributed by atoms with Gasteiger partial charge in [-0.3, -0.25) is 9.59 Å². The third-order valence-corrected chi connectivity index (χ3v) is 15.1. The van der Waals surface area contributed by atoms with Crippen molar-refractivity contribution < 1.29 is 14.3 Å². The Morgan fingerprint density at radius 1 is 0.976 bits per heavy atom. The minimum absolute atomic E-state index is 0.0270. The van der Waals surface area contributed by atoms with Gasteiger partial charge in [-0.25, -0.2) is 0 Å². The van der Waals surface area contributed by atoms with Crippen molar-refractivity contribution in [3.05, 3.63) is 51.1 Å². The molecule has 0 amide bonds. The van der Waals surface area contributed by atoms with Crippen molar-refractivity contribution in [2.75, 3.05) is 7.11 Å². The highest BCUT2D eigenvalue weighted by atomic mass is 127. The smallest absolute Gasteiger partial charge is 0.312 e. The zero-order valence-electron chi connectivity index (χ0n) is 26.9. The third-order valence-electron chi connectivity index (χ3n) is 14.4. The number of allylic oxidation sites excluding steroid dienone is 2. The number of carbonyl (C=O) groups excluding carboxylic acids is 2. The monoisotopic (exact) mass is 682 g/mol. The van der Waals surface area contributed by atoms with E-state index in [2.05, 4.69) is 101 Å². The van der Waals surface area contributed by atoms with E-state index in [1.54, 1.807) is 7.11 Å². The number of ketones is 1. The fourth-order valence-electron chi connectivity index (χ4n) is 12.5. The first-order chi connectivity index (χ1) is 19.7. The molecule has 4 heteroatoms. The summed E-state index contributed by atoms with van der Waals surface area (Å²) in [6, 6.07) is 8.53. The summed E-state index contributed by atoms with van der Waals surface area (Å²) in [4.78, 5) is 27.6. The van der Waals surface area contributed by atoms with Gasteiger partial charge in [-0.1, -0.05) is 58.9 Å². The second-order valence-corrected chi connectivity index (χ2v) is 17.5. The summed E-state index contributed by atoms with van der Waals surface area (Å²) >= 11 is 2.36. The Balaban J connectivity index is 1.42. The van der Waals surface area contributed by atoms with Gasteiger partial charge in [0.25, 0.3) is 0 Å². The van der Waals surface area contributed by atoms with Gasteiger partial charge in [0, 0.05) is 8.99 Å². The number of hydrogen-bond donors (Lipinski definition) is 0. The zero-order chi connectivity index (χ0) is 30.5. The molecule has 42 heavy (non-hydrogen) atoms. The van der Waals surface area contributed by atoms with Gasteiger partial charge in [0.05, 0.1) is 12.5 Å². The molecule has 5 fully saturated rings. The summed E-state index contributed by atoms with van der Waals surface area (Å²) in [5.41, 5.74) is 3.05. The van der Waals surface area contributed by atoms with Crippen molar-refractivity contribution in [3.8, 4) is 0 Å². The Morgan fingerprint density at radius 3 is 2.38 bits per heavy atom. The van der Waals surface area contributed by atoms with Crippen molar-refractivity contribution in [2.24, 2.45) is 56.7 Å². The van der Waals surface area contributed by atoms with Gasteiger partial charge in [-0.05, 0) is 162 Å². The number of halogens is 1. The van der Waals surface area contributed by atoms with Crippen LogP contribution in [0.3, 0.4) is 0 Å². The molecule has 9 atom stereocenters. The number of Topliss-reactive ketones (excluding diaryl/α,β-unsaturated/α-hetero) is 1. The highest BCUT2D eigenvalue weighted by Gasteiger charge is 2.72. The van der Waals surface area contributed by atoms with E-state index in [4.69, 9.17) is 4.74 Å². The SMILES string of the molecule is C=C(C)C1CC[C@]2(C(=O)OC)CC[C@]3(C)[C@H](CC[C@@H]4[C@@]5(C)C/C(=C/c6cccc(I)c6)C(=O)C(C)(C)C5CC[C@]43C)C12. The van der Waals surface area contributed by atoms with E-state index in [1.165, 1.54) is 22.0 Å². The fourth-order valence-corrected chi connectivity index (χ4v) is 13.0. The van der Waals surface area contributed by atoms with Gasteiger partial charge < -0.3 is 4.74 Å². The molecule has 5 aliphatic carbocycles. The number of esters is 1. The Morgan fingerprint density at radius 2 is 1.71 bits per heavy atom. The van der Waals surface area contributed by atoms with Crippen LogP contribution in [-0.2, 0) is 14.3 Å². The van der Waals surface area contributed by atoms with E-state index in [1.807, 2.05) is 0 Å². The van der Waals surface area contributed by atoms with Crippen molar-refractivity contribution in [2.45, 2.75) is 99.3 Å². The quantitative estimate of drug-likeness (QED) is 0.138. The van der Waals surface area contributed by atoms with Crippen LogP contribution in [0.2, 0.25) is 0 Å². The maximum absolute atomic E-state index is 14.1. The molecular formula is C38H51IO3. The number of hydrogen-bond acceptors (Lipinski definition) is 3. The molecule has 1 aromatic carbocycles. The lowest BCUT2D eigenvalue weighted by atomic mass is 9.32. The molecule has 0 aliphatic heterocycles. The van der Waals surface area contributed by atoms with Gasteiger partial charge >= 0.3 is 5.97 Å². The average Bonchev–Trinajstić information content (AvgIpc) is 3.33. The highest BCUT2D eigenvalue weighted by Crippen LogP contribution is 2.77. The summed E-state index contributed by atoms with van der Waals surface area (Å²) in [7, 11) is 1.59. The molecule has 5 aliphatic rings. The molecule has 0 saturated heterocycles. The van der Waals surface area contributed by atoms with Gasteiger partial charge in [0.15, 0.2) is 5.78 Å². The van der Waals surface area contributed by atoms with Crippen LogP contribution < -0.4 is 0 Å². The zero-order valence-corrected chi connectivity index (χ0v) is 29.1. The minimum Gasteiger partial charge on any atom is -0.469 e. The lowest BCUT2D eigenvalue weighted by molar-refractivity contribution is -0.232. The predicted octanol–water partition coefficient (Wildman–Crippen LogP) is 9.68. The van der Waals surface area contributed by atoms with Gasteiger partial charge in [0.2, 0.25) is 0 Å². The molecular weight excluding hydrogens is 631 g/mol. The van der Waals surface area contributed by atoms with Crippen LogP contribution in [0, 0.1) is 60.2 Å². The van der Waals surface area contributed by atoms with Crippen molar-refractivity contribution in [1.82, 2.24) is 0 Å². The summed E-state index contributed by atoms with van der Waals surface area (Å²) < 4.78 is 6.75. The molecule has 0 spiro atoms. The third kappa shape index (κ3) is 4.01. The lowest BCUT2D eigenvalue weighted by Crippen LogP contribution is -2.67. The Bertz CT molecular complexity index is 1360. The van der Waals surface area contributed by atoms with Crippen LogP contribution >= 0.6 is 22.6 Å². The predicted molar refractivity (Wildman–Crippen MR) is 179 cm³/mol. The summed E-state index contributed by atoms with van der Waals surface area (Å²) in [6.07, 6.45) is 11.7. The number of fused-ring (bicyclic) bond motifs is 7. The number of ether oxygens (including phenoxy) is 1. The van der Waals surface area contributed by atoms with Crippen LogP contribution in [0.4, 0.5) is 0 Å². The topological polar surface area (TPSA) is 43.4 Å². The van der Waals surface area contributed by atoms with Crippen LogP contribution in [-0.4, -0.2) is 18.9 Å². The Hall–Kier alpha value is -1.43. The number of rotatable bonds is 3. The first-order valence-corrected chi connectivity index (χ1v) is 17.5. The average molecular weight is 683 g/mol. The molecule has 1 aromatic rings.